The highest BCUT2D eigenvalue weighted by Gasteiger charge is 2.65. The average molecular weight is 329 g/mol. The van der Waals surface area contributed by atoms with Gasteiger partial charge in [0, 0.05) is 6.20 Å². The number of amides is 1. The summed E-state index contributed by atoms with van der Waals surface area (Å²) in [6.07, 6.45) is 1.77. The van der Waals surface area contributed by atoms with E-state index in [4.69, 9.17) is 0 Å². The number of carbonyl (C=O) groups excluding carboxylic acids is 1. The molecule has 2 aliphatic heterocycles. The second kappa shape index (κ2) is 2.98. The molecule has 2 heterocycles. The van der Waals surface area contributed by atoms with E-state index in [9.17, 15) is 9.35 Å². The van der Waals surface area contributed by atoms with Crippen LogP contribution < -0.4 is 0 Å². The molecule has 6 heteroatoms. The molecule has 13 heavy (non-hydrogen) atoms. The first-order chi connectivity index (χ1) is 5.94. The molecule has 1 fully saturated rings. The van der Waals surface area contributed by atoms with Gasteiger partial charge in [-0.25, -0.2) is 0 Å². The topological polar surface area (TPSA) is 43.4 Å². The number of halogens is 2. The Morgan fingerprint density at radius 1 is 1.77 bits per heavy atom. The third-order valence-corrected chi connectivity index (χ3v) is 6.03. The lowest BCUT2D eigenvalue weighted by molar-refractivity contribution is -0.137. The summed E-state index contributed by atoms with van der Waals surface area (Å²) < 4.78 is 10.8. The van der Waals surface area contributed by atoms with Crippen LogP contribution in [0.15, 0.2) is 11.8 Å². The maximum Gasteiger partial charge on any atom is 0.265 e. The van der Waals surface area contributed by atoms with Crippen molar-refractivity contribution in [2.75, 3.05) is 5.75 Å². The second-order valence-electron chi connectivity index (χ2n) is 3.19. The highest BCUT2D eigenvalue weighted by Crippen LogP contribution is 2.49. The zero-order valence-corrected chi connectivity index (χ0v) is 10.8. The Labute approximate surface area is 96.0 Å². The molecule has 0 N–H and O–H groups in total. The fourth-order valence-electron chi connectivity index (χ4n) is 1.49. The summed E-state index contributed by atoms with van der Waals surface area (Å²) in [6.45, 7) is 1.88. The van der Waals surface area contributed by atoms with Crippen LogP contribution >= 0.6 is 31.9 Å². The number of nitrogens with zero attached hydrogens (tertiary/aromatic N) is 1. The summed E-state index contributed by atoms with van der Waals surface area (Å²) >= 11 is 5.46. The van der Waals surface area contributed by atoms with Crippen molar-refractivity contribution in [2.24, 2.45) is 0 Å². The lowest BCUT2D eigenvalue weighted by atomic mass is 10.2. The molecule has 2 aliphatic rings. The maximum atomic E-state index is 11.6. The van der Waals surface area contributed by atoms with Crippen LogP contribution in [0.25, 0.3) is 0 Å². The molecular weight excluding hydrogens is 322 g/mol. The predicted molar refractivity (Wildman–Crippen MR) is 58.0 cm³/mol. The molecule has 0 saturated carbocycles. The molecule has 0 aromatic rings. The van der Waals surface area contributed by atoms with Crippen molar-refractivity contribution >= 4 is 48.9 Å². The van der Waals surface area contributed by atoms with Crippen molar-refractivity contribution in [3.8, 4) is 0 Å². The fraction of sp³-hybridized carbons (Fsp3) is 0.571. The number of alkyl halides is 2. The maximum absolute atomic E-state index is 11.6. The molecule has 1 amide bonds. The Morgan fingerprint density at radius 3 is 3.00 bits per heavy atom. The van der Waals surface area contributed by atoms with Crippen molar-refractivity contribution < 1.29 is 9.35 Å². The summed E-state index contributed by atoms with van der Waals surface area (Å²) in [5.74, 6) is 0.470. The molecule has 0 aromatic carbocycles. The van der Waals surface area contributed by atoms with Crippen LogP contribution in [-0.4, -0.2) is 29.7 Å². The first-order valence-corrected chi connectivity index (χ1v) is 6.66. The van der Waals surface area contributed by atoms with E-state index in [2.05, 4.69) is 31.9 Å². The number of hydrogen-bond acceptors (Lipinski definition) is 2. The number of hydrogen-bond donors (Lipinski definition) is 0. The van der Waals surface area contributed by atoms with Crippen molar-refractivity contribution in [1.82, 2.24) is 4.90 Å². The number of rotatable bonds is 0. The minimum Gasteiger partial charge on any atom is -0.614 e. The van der Waals surface area contributed by atoms with Crippen LogP contribution in [0, 0.1) is 0 Å². The normalized spacial score (nSPS) is 36.5. The van der Waals surface area contributed by atoms with E-state index in [1.54, 1.807) is 6.20 Å². The Bertz CT molecular complexity index is 305. The molecule has 0 bridgehead atoms. The summed E-state index contributed by atoms with van der Waals surface area (Å²) in [4.78, 5) is 13.0. The van der Waals surface area contributed by atoms with E-state index >= 15 is 0 Å². The van der Waals surface area contributed by atoms with Gasteiger partial charge < -0.3 is 4.55 Å². The van der Waals surface area contributed by atoms with Gasteiger partial charge in [0.25, 0.3) is 5.91 Å². The summed E-state index contributed by atoms with van der Waals surface area (Å²) in [7, 11) is 0. The molecule has 1 unspecified atom stereocenters. The van der Waals surface area contributed by atoms with Crippen molar-refractivity contribution in [2.45, 2.75) is 15.5 Å². The van der Waals surface area contributed by atoms with Crippen LogP contribution in [-0.2, 0) is 16.0 Å². The Hall–Kier alpha value is 0.480. The lowest BCUT2D eigenvalue weighted by Gasteiger charge is -2.49. The molecule has 0 spiro atoms. The quantitative estimate of drug-likeness (QED) is 0.382. The Balaban J connectivity index is 2.32. The monoisotopic (exact) mass is 327 g/mol. The van der Waals surface area contributed by atoms with Crippen LogP contribution in [0.5, 0.6) is 0 Å². The van der Waals surface area contributed by atoms with Gasteiger partial charge in [-0.05, 0) is 23.7 Å². The summed E-state index contributed by atoms with van der Waals surface area (Å²) in [5, 5.41) is -0.260. The van der Waals surface area contributed by atoms with Gasteiger partial charge in [0.1, 0.15) is 5.75 Å². The summed E-state index contributed by atoms with van der Waals surface area (Å²) in [5.41, 5.74) is 0.985. The van der Waals surface area contributed by atoms with Gasteiger partial charge in [-0.3, -0.25) is 9.69 Å². The minimum absolute atomic E-state index is 0.0788. The molecule has 0 aliphatic carbocycles. The van der Waals surface area contributed by atoms with Gasteiger partial charge in [-0.1, -0.05) is 31.9 Å². The molecule has 1 saturated heterocycles. The molecule has 3 nitrogen and oxygen atoms in total. The number of fused-ring (bicyclic) bond motifs is 1. The van der Waals surface area contributed by atoms with E-state index in [0.29, 0.717) is 5.75 Å². The predicted octanol–water partition coefficient (Wildman–Crippen LogP) is 1.31. The fourth-order valence-corrected chi connectivity index (χ4v) is 5.11. The number of carbonyl (C=O) groups is 1. The SMILES string of the molecule is CC1=CN2C(=O)C(Br)(Br)[C@@H]2[S+]([O-])C1. The standard InChI is InChI=1S/C7H7Br2NO2S/c1-4-2-10-5(11)7(8,9)6(10)13(12)3-4/h2,6H,3H2,1H3/t6-,13?/m0/s1. The van der Waals surface area contributed by atoms with Crippen LogP contribution in [0.4, 0.5) is 0 Å². The Morgan fingerprint density at radius 2 is 2.38 bits per heavy atom. The first-order valence-electron chi connectivity index (χ1n) is 3.69. The molecule has 72 valence electrons. The van der Waals surface area contributed by atoms with Gasteiger partial charge in [0.05, 0.1) is 0 Å². The minimum atomic E-state index is -1.01. The third-order valence-electron chi connectivity index (χ3n) is 2.06. The van der Waals surface area contributed by atoms with E-state index < -0.39 is 14.4 Å². The van der Waals surface area contributed by atoms with Gasteiger partial charge >= 0.3 is 0 Å². The zero-order valence-electron chi connectivity index (χ0n) is 6.79. The largest absolute Gasteiger partial charge is 0.614 e. The zero-order chi connectivity index (χ0) is 9.80. The highest BCUT2D eigenvalue weighted by atomic mass is 79.9. The van der Waals surface area contributed by atoms with Crippen LogP contribution in [0.1, 0.15) is 6.92 Å². The molecule has 0 radical (unpaired) electrons. The van der Waals surface area contributed by atoms with Gasteiger partial charge in [0.2, 0.25) is 8.61 Å². The molecule has 2 atom stereocenters. The van der Waals surface area contributed by atoms with Crippen LogP contribution in [0.2, 0.25) is 0 Å². The third kappa shape index (κ3) is 1.30. The van der Waals surface area contributed by atoms with Crippen molar-refractivity contribution in [3.63, 3.8) is 0 Å². The summed E-state index contributed by atoms with van der Waals surface area (Å²) in [6, 6.07) is 0. The average Bonchev–Trinajstić information content (AvgIpc) is 2.01. The molecule has 0 aromatic heterocycles. The highest BCUT2D eigenvalue weighted by molar-refractivity contribution is 9.26. The number of β-lactam (4-membered cyclic amide) rings is 1. The van der Waals surface area contributed by atoms with E-state index in [1.165, 1.54) is 4.90 Å². The van der Waals surface area contributed by atoms with Crippen molar-refractivity contribution in [3.05, 3.63) is 11.8 Å². The Kier molecular flexibility index (Phi) is 2.30. The van der Waals surface area contributed by atoms with E-state index in [-0.39, 0.29) is 11.3 Å². The lowest BCUT2D eigenvalue weighted by Crippen LogP contribution is -2.70. The molecular formula is C7H7Br2NO2S. The van der Waals surface area contributed by atoms with Crippen molar-refractivity contribution in [1.29, 1.82) is 0 Å². The van der Waals surface area contributed by atoms with Gasteiger partial charge in [-0.2, -0.15) is 0 Å². The van der Waals surface area contributed by atoms with E-state index in [0.717, 1.165) is 5.57 Å². The van der Waals surface area contributed by atoms with Gasteiger partial charge in [0.15, 0.2) is 0 Å². The first kappa shape index (κ1) is 10.0. The second-order valence-corrected chi connectivity index (χ2v) is 8.25. The smallest absolute Gasteiger partial charge is 0.265 e. The van der Waals surface area contributed by atoms with Crippen LogP contribution in [0.3, 0.4) is 0 Å². The van der Waals surface area contributed by atoms with Gasteiger partial charge in [-0.15, -0.1) is 0 Å². The van der Waals surface area contributed by atoms with E-state index in [1.807, 2.05) is 6.92 Å². The molecule has 2 rings (SSSR count).